The summed E-state index contributed by atoms with van der Waals surface area (Å²) in [6.07, 6.45) is 5.81. The molecule has 2 N–H and O–H groups in total. The topological polar surface area (TPSA) is 131 Å². The third kappa shape index (κ3) is 7.83. The van der Waals surface area contributed by atoms with Gasteiger partial charge in [-0.15, -0.1) is 0 Å². The summed E-state index contributed by atoms with van der Waals surface area (Å²) in [7, 11) is 0. The molecule has 2 aliphatic heterocycles. The molecule has 7 rings (SSSR count). The van der Waals surface area contributed by atoms with Crippen LogP contribution in [0, 0.1) is 19.7 Å². The predicted octanol–water partition coefficient (Wildman–Crippen LogP) is 5.01. The Balaban J connectivity index is 0.000000193. The van der Waals surface area contributed by atoms with Gasteiger partial charge in [-0.25, -0.2) is 14.8 Å². The van der Waals surface area contributed by atoms with Crippen molar-refractivity contribution < 1.29 is 18.2 Å². The van der Waals surface area contributed by atoms with E-state index in [0.29, 0.717) is 23.8 Å². The minimum Gasteiger partial charge on any atom is -0.361 e. The highest BCUT2D eigenvalue weighted by Crippen LogP contribution is 2.32. The van der Waals surface area contributed by atoms with Crippen LogP contribution in [0.5, 0.6) is 0 Å². The lowest BCUT2D eigenvalue weighted by molar-refractivity contribution is 0.0923. The van der Waals surface area contributed by atoms with Crippen molar-refractivity contribution in [1.29, 1.82) is 0 Å². The summed E-state index contributed by atoms with van der Waals surface area (Å²) in [5, 5.41) is 8.76. The van der Waals surface area contributed by atoms with Crippen molar-refractivity contribution in [2.24, 2.45) is 0 Å². The Morgan fingerprint density at radius 1 is 1.00 bits per heavy atom. The Hall–Kier alpha value is -4.68. The molecule has 3 aromatic heterocycles. The minimum absolute atomic E-state index is 0.161. The number of hydrogen-bond acceptors (Lipinski definition) is 9. The molecule has 47 heavy (non-hydrogen) atoms. The number of halogens is 1. The van der Waals surface area contributed by atoms with E-state index in [4.69, 9.17) is 14.0 Å². The lowest BCUT2D eigenvalue weighted by Crippen LogP contribution is -2.37. The molecule has 1 fully saturated rings. The number of amides is 1. The number of likely N-dealkylation sites (tertiary alicyclic amines) is 1. The van der Waals surface area contributed by atoms with E-state index in [1.807, 2.05) is 41.8 Å². The van der Waals surface area contributed by atoms with Crippen LogP contribution in [0.3, 0.4) is 0 Å². The van der Waals surface area contributed by atoms with Gasteiger partial charge in [-0.1, -0.05) is 40.6 Å². The van der Waals surface area contributed by atoms with E-state index >= 15 is 0 Å². The number of nitrogens with one attached hydrogen (secondary N) is 2. The number of aromatic nitrogens is 4. The van der Waals surface area contributed by atoms with Crippen LogP contribution in [0.25, 0.3) is 11.0 Å². The highest BCUT2D eigenvalue weighted by molar-refractivity contribution is 5.91. The van der Waals surface area contributed by atoms with E-state index in [1.165, 1.54) is 12.1 Å². The molecule has 5 aromatic rings. The van der Waals surface area contributed by atoms with Gasteiger partial charge in [-0.3, -0.25) is 19.6 Å². The fourth-order valence-electron chi connectivity index (χ4n) is 6.30. The van der Waals surface area contributed by atoms with Crippen molar-refractivity contribution in [1.82, 2.24) is 35.6 Å². The zero-order valence-electron chi connectivity index (χ0n) is 26.8. The van der Waals surface area contributed by atoms with Gasteiger partial charge in [0.25, 0.3) is 11.5 Å². The lowest BCUT2D eigenvalue weighted by Gasteiger charge is -2.31. The highest BCUT2D eigenvalue weighted by atomic mass is 19.1. The maximum absolute atomic E-state index is 13.4. The van der Waals surface area contributed by atoms with Gasteiger partial charge in [-0.05, 0) is 76.7 Å². The maximum atomic E-state index is 13.4. The van der Waals surface area contributed by atoms with Crippen LogP contribution in [0.1, 0.15) is 76.2 Å². The number of rotatable bonds is 8. The molecule has 2 aromatic carbocycles. The first kappa shape index (κ1) is 32.3. The van der Waals surface area contributed by atoms with E-state index in [9.17, 15) is 14.0 Å². The summed E-state index contributed by atoms with van der Waals surface area (Å²) in [5.74, 6) is 1.28. The fraction of sp³-hybridized carbons (Fsp3) is 0.400. The van der Waals surface area contributed by atoms with E-state index in [2.05, 4.69) is 26.1 Å². The number of nitrogens with zero attached hydrogens (tertiary/aromatic N) is 5. The van der Waals surface area contributed by atoms with Crippen LogP contribution in [0.2, 0.25) is 0 Å². The molecule has 2 aliphatic rings. The van der Waals surface area contributed by atoms with E-state index in [1.54, 1.807) is 19.1 Å². The fourth-order valence-corrected chi connectivity index (χ4v) is 6.30. The number of hydrazine groups is 1. The van der Waals surface area contributed by atoms with Crippen molar-refractivity contribution in [2.75, 3.05) is 19.6 Å². The van der Waals surface area contributed by atoms with Gasteiger partial charge in [0.05, 0.1) is 5.69 Å². The van der Waals surface area contributed by atoms with Crippen LogP contribution in [0.4, 0.5) is 4.39 Å². The molecule has 5 heterocycles. The molecule has 11 nitrogen and oxygen atoms in total. The standard InChI is InChI=1S/C23H27FN4O2.C12H13N3O2/c1-15-18(23(29)28-10-3-2-4-21(28)25-15)9-13-27-11-7-16(8-12-27)22-19-6-5-17(24)14-20(19)30-26-22;1-9-7-11(15-17-9)12(16)14-13-8-10-5-3-2-4-6-10/h5-6,14,16H,2-4,7-13H2,1H3;2-7,13H,8H2,1H3,(H,14,16). The zero-order chi connectivity index (χ0) is 32.8. The summed E-state index contributed by atoms with van der Waals surface area (Å²) >= 11 is 0. The molecule has 246 valence electrons. The molecular formula is C35H40FN7O4. The van der Waals surface area contributed by atoms with Gasteiger partial charge >= 0.3 is 0 Å². The first-order valence-electron chi connectivity index (χ1n) is 16.2. The number of benzene rings is 2. The minimum atomic E-state index is -0.308. The zero-order valence-corrected chi connectivity index (χ0v) is 26.8. The van der Waals surface area contributed by atoms with Gasteiger partial charge < -0.3 is 13.9 Å². The lowest BCUT2D eigenvalue weighted by atomic mass is 9.91. The van der Waals surface area contributed by atoms with Crippen molar-refractivity contribution in [3.8, 4) is 0 Å². The van der Waals surface area contributed by atoms with E-state index < -0.39 is 0 Å². The molecule has 0 atom stereocenters. The van der Waals surface area contributed by atoms with Crippen LogP contribution < -0.4 is 16.4 Å². The van der Waals surface area contributed by atoms with Gasteiger partial charge in [-0.2, -0.15) is 0 Å². The summed E-state index contributed by atoms with van der Waals surface area (Å²) in [5.41, 5.74) is 10.1. The first-order valence-corrected chi connectivity index (χ1v) is 16.2. The summed E-state index contributed by atoms with van der Waals surface area (Å²) < 4.78 is 25.4. The van der Waals surface area contributed by atoms with Gasteiger partial charge in [0, 0.05) is 60.7 Å². The number of aryl methyl sites for hydroxylation is 3. The van der Waals surface area contributed by atoms with Crippen molar-refractivity contribution in [2.45, 2.75) is 71.4 Å². The Kier molecular flexibility index (Phi) is 10.2. The predicted molar refractivity (Wildman–Crippen MR) is 174 cm³/mol. The normalized spacial score (nSPS) is 15.2. The molecule has 1 amide bonds. The summed E-state index contributed by atoms with van der Waals surface area (Å²) in [6, 6.07) is 16.0. The van der Waals surface area contributed by atoms with Crippen molar-refractivity contribution in [3.63, 3.8) is 0 Å². The Morgan fingerprint density at radius 3 is 2.57 bits per heavy atom. The molecule has 0 bridgehead atoms. The third-order valence-corrected chi connectivity index (χ3v) is 8.89. The highest BCUT2D eigenvalue weighted by Gasteiger charge is 2.26. The number of piperidine rings is 1. The average molecular weight is 642 g/mol. The number of carbonyl (C=O) groups is 1. The van der Waals surface area contributed by atoms with Crippen LogP contribution >= 0.6 is 0 Å². The number of hydrogen-bond donors (Lipinski definition) is 2. The van der Waals surface area contributed by atoms with Crippen LogP contribution in [0.15, 0.2) is 68.4 Å². The van der Waals surface area contributed by atoms with Crippen LogP contribution in [-0.2, 0) is 25.9 Å². The Labute approximate surface area is 272 Å². The summed E-state index contributed by atoms with van der Waals surface area (Å²) in [4.78, 5) is 31.6. The molecule has 0 radical (unpaired) electrons. The third-order valence-electron chi connectivity index (χ3n) is 8.89. The summed E-state index contributed by atoms with van der Waals surface area (Å²) in [6.45, 7) is 7.85. The second kappa shape index (κ2) is 14.8. The molecule has 0 aliphatic carbocycles. The first-order chi connectivity index (χ1) is 22.9. The molecular weight excluding hydrogens is 601 g/mol. The van der Waals surface area contributed by atoms with Gasteiger partial charge in [0.15, 0.2) is 11.3 Å². The molecule has 0 unspecified atom stereocenters. The quantitative estimate of drug-likeness (QED) is 0.225. The van der Waals surface area contributed by atoms with Gasteiger partial charge in [0.2, 0.25) is 0 Å². The molecule has 0 spiro atoms. The second-order valence-electron chi connectivity index (χ2n) is 12.2. The van der Waals surface area contributed by atoms with Crippen molar-refractivity contribution in [3.05, 3.63) is 111 Å². The largest absolute Gasteiger partial charge is 0.361 e. The Morgan fingerprint density at radius 2 is 1.81 bits per heavy atom. The van der Waals surface area contributed by atoms with E-state index in [0.717, 1.165) is 98.4 Å². The van der Waals surface area contributed by atoms with E-state index in [-0.39, 0.29) is 23.0 Å². The molecule has 1 saturated heterocycles. The SMILES string of the molecule is Cc1cc(C(=O)NNCc2ccccc2)no1.Cc1nc2n(c(=O)c1CCN1CCC(c3noc4cc(F)ccc34)CC1)CCCC2. The second-order valence-corrected chi connectivity index (χ2v) is 12.2. The Bertz CT molecular complexity index is 1880. The number of fused-ring (bicyclic) bond motifs is 2. The average Bonchev–Trinajstić information content (AvgIpc) is 3.72. The van der Waals surface area contributed by atoms with Crippen molar-refractivity contribution >= 4 is 16.9 Å². The smallest absolute Gasteiger partial charge is 0.287 e. The number of carbonyl (C=O) groups excluding carboxylic acids is 1. The van der Waals surface area contributed by atoms with Crippen LogP contribution in [-0.4, -0.2) is 50.3 Å². The molecule has 0 saturated carbocycles. The van der Waals surface area contributed by atoms with Gasteiger partial charge in [0.1, 0.15) is 17.4 Å². The molecule has 12 heteroatoms. The monoisotopic (exact) mass is 641 g/mol. The maximum Gasteiger partial charge on any atom is 0.287 e.